The topological polar surface area (TPSA) is 207 Å². The van der Waals surface area contributed by atoms with Gasteiger partial charge in [-0.25, -0.2) is 4.98 Å². The average Bonchev–Trinajstić information content (AvgIpc) is 3.69. The maximum atomic E-state index is 14.0. The number of likely N-dealkylation sites (tertiary alicyclic amines) is 1. The summed E-state index contributed by atoms with van der Waals surface area (Å²) in [5, 5.41) is 8.79. The van der Waals surface area contributed by atoms with Gasteiger partial charge in [0.05, 0.1) is 17.5 Å². The molecule has 0 unspecified atom stereocenters. The van der Waals surface area contributed by atoms with Gasteiger partial charge in [-0.2, -0.15) is 13.2 Å². The number of pyridine rings is 1. The number of carbonyl (C=O) groups excluding carboxylic acids is 6. The molecule has 0 spiro atoms. The highest BCUT2D eigenvalue weighted by Gasteiger charge is 2.38. The first-order valence-electron chi connectivity index (χ1n) is 18.9. The van der Waals surface area contributed by atoms with Crippen molar-refractivity contribution in [2.24, 2.45) is 17.4 Å². The molecule has 306 valence electrons. The number of fused-ring (bicyclic) bond motifs is 1. The van der Waals surface area contributed by atoms with Crippen LogP contribution in [0.15, 0.2) is 84.9 Å². The maximum absolute atomic E-state index is 14.0. The highest BCUT2D eigenvalue weighted by atomic mass is 19.4. The molecular weight excluding hydrogens is 755 g/mol. The zero-order valence-corrected chi connectivity index (χ0v) is 32.1. The fraction of sp³-hybridized carbons (Fsp3) is 0.357. The summed E-state index contributed by atoms with van der Waals surface area (Å²) in [4.78, 5) is 84.6. The third kappa shape index (κ3) is 11.0. The van der Waals surface area contributed by atoms with Crippen molar-refractivity contribution >= 4 is 46.3 Å². The van der Waals surface area contributed by atoms with Crippen LogP contribution in [0, 0.1) is 5.92 Å². The second-order valence-corrected chi connectivity index (χ2v) is 14.5. The summed E-state index contributed by atoms with van der Waals surface area (Å²) in [6, 6.07) is 17.4. The molecule has 2 heterocycles. The van der Waals surface area contributed by atoms with Crippen molar-refractivity contribution in [2.45, 2.75) is 82.7 Å². The van der Waals surface area contributed by atoms with E-state index >= 15 is 0 Å². The highest BCUT2D eigenvalue weighted by Crippen LogP contribution is 2.32. The Kier molecular flexibility index (Phi) is 13.8. The van der Waals surface area contributed by atoms with Crippen LogP contribution in [0.3, 0.4) is 0 Å². The number of benzene rings is 3. The van der Waals surface area contributed by atoms with Crippen molar-refractivity contribution < 1.29 is 41.9 Å². The quantitative estimate of drug-likeness (QED) is 0.112. The number of hydrogen-bond donors (Lipinski definition) is 5. The third-order valence-electron chi connectivity index (χ3n) is 10.3. The van der Waals surface area contributed by atoms with Crippen molar-refractivity contribution in [1.29, 1.82) is 0 Å². The first kappa shape index (κ1) is 42.8. The van der Waals surface area contributed by atoms with Crippen molar-refractivity contribution in [3.63, 3.8) is 0 Å². The van der Waals surface area contributed by atoms with Gasteiger partial charge in [0.15, 0.2) is 0 Å². The highest BCUT2D eigenvalue weighted by molar-refractivity contribution is 5.99. The summed E-state index contributed by atoms with van der Waals surface area (Å²) in [6.07, 6.45) is -4.00. The number of primary amides is 2. The molecule has 13 nitrogen and oxygen atoms in total. The molecule has 58 heavy (non-hydrogen) atoms. The van der Waals surface area contributed by atoms with Crippen LogP contribution in [-0.4, -0.2) is 76.0 Å². The summed E-state index contributed by atoms with van der Waals surface area (Å²) in [6.45, 7) is 3.86. The van der Waals surface area contributed by atoms with E-state index in [0.717, 1.165) is 17.5 Å². The van der Waals surface area contributed by atoms with E-state index in [4.69, 9.17) is 11.5 Å². The first-order valence-corrected chi connectivity index (χ1v) is 18.9. The number of carbonyl (C=O) groups is 6. The SMILES string of the molecule is CC[C@H](C)[C@H](NC(=O)[C@@H]1CCCN1C(=O)C[C@H](Cc1ccc(-c2cccc(C(F)(F)F)c2)cc1)NC(=O)[C@H](CC(N)=O)NC(=O)c1ccc2ccccc2n1)C(N)=O. The second kappa shape index (κ2) is 18.7. The molecular formula is C42H46F3N7O6. The minimum atomic E-state index is -4.53. The lowest BCUT2D eigenvalue weighted by Gasteiger charge is -2.29. The summed E-state index contributed by atoms with van der Waals surface area (Å²) in [5.74, 6) is -4.43. The van der Waals surface area contributed by atoms with Crippen LogP contribution in [-0.2, 0) is 36.6 Å². The van der Waals surface area contributed by atoms with E-state index in [1.807, 2.05) is 19.1 Å². The van der Waals surface area contributed by atoms with Crippen molar-refractivity contribution in [2.75, 3.05) is 6.54 Å². The number of halogens is 3. The summed E-state index contributed by atoms with van der Waals surface area (Å²) in [7, 11) is 0. The Morgan fingerprint density at radius 2 is 1.59 bits per heavy atom. The molecule has 1 aliphatic rings. The Morgan fingerprint density at radius 1 is 0.862 bits per heavy atom. The molecule has 16 heteroatoms. The molecule has 7 N–H and O–H groups in total. The molecule has 3 aromatic carbocycles. The molecule has 5 rings (SSSR count). The Balaban J connectivity index is 1.38. The number of nitrogens with one attached hydrogen (secondary N) is 3. The van der Waals surface area contributed by atoms with Gasteiger partial charge >= 0.3 is 6.18 Å². The van der Waals surface area contributed by atoms with Crippen LogP contribution in [0.4, 0.5) is 13.2 Å². The van der Waals surface area contributed by atoms with Gasteiger partial charge < -0.3 is 32.3 Å². The van der Waals surface area contributed by atoms with Crippen LogP contribution in [0.25, 0.3) is 22.0 Å². The predicted molar refractivity (Wildman–Crippen MR) is 209 cm³/mol. The van der Waals surface area contributed by atoms with Gasteiger partial charge in [0, 0.05) is 24.4 Å². The Hall–Kier alpha value is -6.32. The van der Waals surface area contributed by atoms with E-state index in [2.05, 4.69) is 20.9 Å². The second-order valence-electron chi connectivity index (χ2n) is 14.5. The summed E-state index contributed by atoms with van der Waals surface area (Å²) < 4.78 is 40.2. The minimum absolute atomic E-state index is 0.0150. The number of nitrogens with two attached hydrogens (primary N) is 2. The van der Waals surface area contributed by atoms with Gasteiger partial charge in [-0.05, 0) is 66.1 Å². The van der Waals surface area contributed by atoms with E-state index in [1.54, 1.807) is 55.5 Å². The molecule has 5 atom stereocenters. The standard InChI is InChI=1S/C42H46F3N7O6/c1-3-24(2)37(38(47)55)51-41(58)34-12-7-19-52(34)36(54)22-30(20-25-13-15-26(16-14-25)28-9-6-10-29(21-28)42(43,44)45)48-40(57)33(23-35(46)53)50-39(56)32-18-17-27-8-4-5-11-31(27)49-32/h4-6,8-11,13-18,21,24,30,33-34,37H,3,7,12,19-20,22-23H2,1-2H3,(H2,46,53)(H2,47,55)(H,48,57)(H,50,56)(H,51,58)/t24-,30-,33-,34-,37-/m0/s1. The molecule has 4 aromatic rings. The van der Waals surface area contributed by atoms with Gasteiger partial charge in [-0.15, -0.1) is 0 Å². The molecule has 1 aliphatic heterocycles. The normalized spacial score (nSPS) is 16.2. The number of alkyl halides is 3. The van der Waals surface area contributed by atoms with Crippen molar-refractivity contribution in [1.82, 2.24) is 25.8 Å². The molecule has 0 aliphatic carbocycles. The number of nitrogens with zero attached hydrogens (tertiary/aromatic N) is 2. The summed E-state index contributed by atoms with van der Waals surface area (Å²) >= 11 is 0. The van der Waals surface area contributed by atoms with Crippen LogP contribution in [0.1, 0.15) is 67.6 Å². The van der Waals surface area contributed by atoms with Crippen LogP contribution in [0.2, 0.25) is 0 Å². The Labute approximate surface area is 333 Å². The van der Waals surface area contributed by atoms with E-state index in [1.165, 1.54) is 17.0 Å². The minimum Gasteiger partial charge on any atom is -0.370 e. The van der Waals surface area contributed by atoms with E-state index in [0.29, 0.717) is 41.5 Å². The lowest BCUT2D eigenvalue weighted by Crippen LogP contribution is -2.55. The molecule has 1 fully saturated rings. The van der Waals surface area contributed by atoms with E-state index in [-0.39, 0.29) is 31.0 Å². The van der Waals surface area contributed by atoms with E-state index in [9.17, 15) is 41.9 Å². The maximum Gasteiger partial charge on any atom is 0.416 e. The van der Waals surface area contributed by atoms with Gasteiger partial charge in [-0.3, -0.25) is 28.8 Å². The van der Waals surface area contributed by atoms with Crippen molar-refractivity contribution in [3.05, 3.63) is 102 Å². The van der Waals surface area contributed by atoms with Gasteiger partial charge in [0.2, 0.25) is 29.5 Å². The fourth-order valence-electron chi connectivity index (χ4n) is 6.95. The molecule has 6 amide bonds. The zero-order valence-electron chi connectivity index (χ0n) is 32.1. The average molecular weight is 802 g/mol. The Morgan fingerprint density at radius 3 is 2.26 bits per heavy atom. The molecule has 0 bridgehead atoms. The largest absolute Gasteiger partial charge is 0.416 e. The molecule has 0 radical (unpaired) electrons. The number of aromatic nitrogens is 1. The van der Waals surface area contributed by atoms with Crippen LogP contribution in [0.5, 0.6) is 0 Å². The predicted octanol–water partition coefficient (Wildman–Crippen LogP) is 4.02. The number of rotatable bonds is 16. The zero-order chi connectivity index (χ0) is 42.1. The lowest BCUT2D eigenvalue weighted by molar-refractivity contribution is -0.140. The third-order valence-corrected chi connectivity index (χ3v) is 10.3. The van der Waals surface area contributed by atoms with Gasteiger partial charge in [-0.1, -0.05) is 80.9 Å². The van der Waals surface area contributed by atoms with Crippen molar-refractivity contribution in [3.8, 4) is 11.1 Å². The van der Waals surface area contributed by atoms with E-state index < -0.39 is 77.8 Å². The first-order chi connectivity index (χ1) is 27.5. The lowest BCUT2D eigenvalue weighted by atomic mass is 9.97. The smallest absolute Gasteiger partial charge is 0.370 e. The monoisotopic (exact) mass is 801 g/mol. The van der Waals surface area contributed by atoms with Gasteiger partial charge in [0.1, 0.15) is 23.8 Å². The number of para-hydroxylation sites is 1. The van der Waals surface area contributed by atoms with Crippen LogP contribution < -0.4 is 27.4 Å². The van der Waals surface area contributed by atoms with Gasteiger partial charge in [0.25, 0.3) is 5.91 Å². The molecule has 0 saturated carbocycles. The molecule has 1 saturated heterocycles. The summed E-state index contributed by atoms with van der Waals surface area (Å²) in [5.41, 5.74) is 12.2. The van der Waals surface area contributed by atoms with Crippen LogP contribution >= 0.6 is 0 Å². The fourth-order valence-corrected chi connectivity index (χ4v) is 6.95. The number of hydrogen-bond acceptors (Lipinski definition) is 7. The Bertz CT molecular complexity index is 2160. The number of amides is 6. The molecule has 1 aromatic heterocycles.